The van der Waals surface area contributed by atoms with E-state index in [0.29, 0.717) is 0 Å². The van der Waals surface area contributed by atoms with Crippen molar-refractivity contribution in [3.05, 3.63) is 29.8 Å². The van der Waals surface area contributed by atoms with Crippen LogP contribution in [0.15, 0.2) is 24.3 Å². The number of hydrogen-bond acceptors (Lipinski definition) is 3. The molecule has 0 aliphatic carbocycles. The lowest BCUT2D eigenvalue weighted by molar-refractivity contribution is -0.167. The van der Waals surface area contributed by atoms with Gasteiger partial charge in [0.2, 0.25) is 0 Å². The Morgan fingerprint density at radius 3 is 1.73 bits per heavy atom. The summed E-state index contributed by atoms with van der Waals surface area (Å²) < 4.78 is 58.4. The number of amides is 1. The summed E-state index contributed by atoms with van der Waals surface area (Å²) in [5.74, 6) is -2.26. The molecule has 0 radical (unpaired) electrons. The predicted molar refractivity (Wildman–Crippen MR) is 68.0 cm³/mol. The first-order valence-electron chi connectivity index (χ1n) is 5.31. The van der Waals surface area contributed by atoms with Crippen molar-refractivity contribution < 1.29 is 46.7 Å². The average Bonchev–Trinajstić information content (AvgIpc) is 2.26. The van der Waals surface area contributed by atoms with Crippen LogP contribution >= 0.6 is 15.2 Å². The highest BCUT2D eigenvalue weighted by atomic mass is 31.2. The van der Waals surface area contributed by atoms with Gasteiger partial charge in [0.15, 0.2) is 5.40 Å². The van der Waals surface area contributed by atoms with Crippen LogP contribution in [0.25, 0.3) is 0 Å². The summed E-state index contributed by atoms with van der Waals surface area (Å²) in [6.45, 7) is 0. The number of benzene rings is 1. The molecule has 0 heterocycles. The quantitative estimate of drug-likeness (QED) is 0.510. The Balaban J connectivity index is 3.09. The Kier molecular flexibility index (Phi) is 5.23. The third-order valence-corrected chi connectivity index (χ3v) is 6.04. The maximum absolute atomic E-state index is 12.0. The van der Waals surface area contributed by atoms with E-state index < -0.39 is 38.2 Å². The largest absolute Gasteiger partial charge is 0.471 e. The molecule has 1 aromatic carbocycles. The second-order valence-electron chi connectivity index (χ2n) is 4.13. The minimum Gasteiger partial charge on any atom is -0.324 e. The number of carbonyl (C=O) groups excluding carboxylic acids is 1. The number of alkyl halides is 3. The number of rotatable bonds is 4. The lowest BCUT2D eigenvalue weighted by Crippen LogP contribution is -2.29. The molecular weight excluding hydrogens is 353 g/mol. The van der Waals surface area contributed by atoms with Gasteiger partial charge in [-0.1, -0.05) is 12.1 Å². The normalized spacial score (nSPS) is 13.3. The molecule has 0 saturated heterocycles. The van der Waals surface area contributed by atoms with Gasteiger partial charge in [-0.2, -0.15) is 13.2 Å². The van der Waals surface area contributed by atoms with Crippen LogP contribution in [0.2, 0.25) is 0 Å². The number of nitrogens with one attached hydrogen (secondary N) is 1. The lowest BCUT2D eigenvalue weighted by atomic mass is 10.2. The fourth-order valence-corrected chi connectivity index (χ4v) is 4.21. The fraction of sp³-hybridized carbons (Fsp3) is 0.222. The Labute approximate surface area is 121 Å². The highest BCUT2D eigenvalue weighted by molar-refractivity contribution is 7.70. The van der Waals surface area contributed by atoms with Crippen LogP contribution in [0, 0.1) is 0 Å². The highest BCUT2D eigenvalue weighted by Gasteiger charge is 2.44. The molecule has 0 aliphatic rings. The van der Waals surface area contributed by atoms with Gasteiger partial charge in [-0.05, 0) is 17.7 Å². The van der Waals surface area contributed by atoms with E-state index in [1.54, 1.807) is 0 Å². The Morgan fingerprint density at radius 2 is 1.41 bits per heavy atom. The molecule has 0 bridgehead atoms. The molecule has 0 fully saturated rings. The van der Waals surface area contributed by atoms with Crippen LogP contribution in [0.5, 0.6) is 0 Å². The minimum absolute atomic E-state index is 0.360. The predicted octanol–water partition coefficient (Wildman–Crippen LogP) is 1.54. The summed E-state index contributed by atoms with van der Waals surface area (Å²) in [4.78, 5) is 46.6. The third kappa shape index (κ3) is 4.91. The second kappa shape index (κ2) is 6.11. The Bertz CT molecular complexity index is 626. The van der Waals surface area contributed by atoms with Crippen molar-refractivity contribution in [3.63, 3.8) is 0 Å². The van der Waals surface area contributed by atoms with Gasteiger partial charge in [0.05, 0.1) is 0 Å². The van der Waals surface area contributed by atoms with Crippen LogP contribution in [0.4, 0.5) is 18.9 Å². The summed E-state index contributed by atoms with van der Waals surface area (Å²) in [6, 6.07) is 3.26. The lowest BCUT2D eigenvalue weighted by Gasteiger charge is -2.20. The number of halogens is 3. The van der Waals surface area contributed by atoms with Crippen molar-refractivity contribution in [2.45, 2.75) is 11.6 Å². The van der Waals surface area contributed by atoms with Crippen LogP contribution in [0.3, 0.4) is 0 Å². The zero-order valence-corrected chi connectivity index (χ0v) is 12.2. The molecule has 13 heteroatoms. The number of carbonyl (C=O) groups is 1. The fourth-order valence-electron chi connectivity index (χ4n) is 1.52. The van der Waals surface area contributed by atoms with Gasteiger partial charge in [0, 0.05) is 5.69 Å². The van der Waals surface area contributed by atoms with Gasteiger partial charge in [-0.3, -0.25) is 13.9 Å². The van der Waals surface area contributed by atoms with Crippen molar-refractivity contribution in [1.29, 1.82) is 0 Å². The van der Waals surface area contributed by atoms with E-state index in [9.17, 15) is 27.1 Å². The van der Waals surface area contributed by atoms with E-state index in [4.69, 9.17) is 19.6 Å². The van der Waals surface area contributed by atoms with Gasteiger partial charge in [0.1, 0.15) is 0 Å². The monoisotopic (exact) mass is 363 g/mol. The molecule has 1 rings (SSSR count). The minimum atomic E-state index is -5.22. The Morgan fingerprint density at radius 1 is 1.00 bits per heavy atom. The highest BCUT2D eigenvalue weighted by Crippen LogP contribution is 2.69. The van der Waals surface area contributed by atoms with Crippen LogP contribution < -0.4 is 5.32 Å². The summed E-state index contributed by atoms with van der Waals surface area (Å²) in [6.07, 6.45) is -5.13. The van der Waals surface area contributed by atoms with Crippen molar-refractivity contribution in [2.24, 2.45) is 0 Å². The van der Waals surface area contributed by atoms with E-state index in [2.05, 4.69) is 0 Å². The SMILES string of the molecule is O=C(Nc1ccc(C(P(=O)(O)O)P(=O)(O)O)cc1)C(F)(F)F. The van der Waals surface area contributed by atoms with Crippen molar-refractivity contribution >= 4 is 26.8 Å². The van der Waals surface area contributed by atoms with Crippen molar-refractivity contribution in [1.82, 2.24) is 0 Å². The van der Waals surface area contributed by atoms with E-state index in [1.165, 1.54) is 5.32 Å². The van der Waals surface area contributed by atoms with Crippen LogP contribution in [-0.2, 0) is 13.9 Å². The molecule has 0 saturated carbocycles. The first-order valence-corrected chi connectivity index (χ1v) is 8.68. The molecule has 0 spiro atoms. The molecule has 22 heavy (non-hydrogen) atoms. The van der Waals surface area contributed by atoms with E-state index in [1.807, 2.05) is 0 Å². The molecule has 5 N–H and O–H groups in total. The van der Waals surface area contributed by atoms with Crippen molar-refractivity contribution in [2.75, 3.05) is 5.32 Å². The molecular formula is C9H10F3NO7P2. The zero-order chi connectivity index (χ0) is 17.3. The first-order chi connectivity index (χ1) is 9.73. The summed E-state index contributed by atoms with van der Waals surface area (Å²) in [7, 11) is -10.4. The summed E-state index contributed by atoms with van der Waals surface area (Å²) in [5.41, 5.74) is -0.840. The van der Waals surface area contributed by atoms with Gasteiger partial charge >= 0.3 is 27.3 Å². The molecule has 0 aliphatic heterocycles. The van der Waals surface area contributed by atoms with Crippen molar-refractivity contribution in [3.8, 4) is 0 Å². The van der Waals surface area contributed by atoms with E-state index in [-0.39, 0.29) is 5.69 Å². The molecule has 0 unspecified atom stereocenters. The van der Waals surface area contributed by atoms with Gasteiger partial charge in [-0.15, -0.1) is 0 Å². The standard InChI is InChI=1S/C9H10F3NO7P2/c10-9(11,12)8(14)13-6-3-1-5(2-4-6)7(21(15,16)17)22(18,19)20/h1-4,7H,(H,13,14)(H2,15,16,17)(H2,18,19,20). The smallest absolute Gasteiger partial charge is 0.324 e. The number of hydrogen-bond donors (Lipinski definition) is 5. The summed E-state index contributed by atoms with van der Waals surface area (Å²) in [5, 5.41) is -0.964. The van der Waals surface area contributed by atoms with E-state index in [0.717, 1.165) is 24.3 Å². The summed E-state index contributed by atoms with van der Waals surface area (Å²) >= 11 is 0. The van der Waals surface area contributed by atoms with Gasteiger partial charge in [-0.25, -0.2) is 0 Å². The van der Waals surface area contributed by atoms with Crippen LogP contribution in [0.1, 0.15) is 11.0 Å². The first kappa shape index (κ1) is 18.8. The maximum Gasteiger partial charge on any atom is 0.471 e. The third-order valence-electron chi connectivity index (χ3n) is 2.36. The maximum atomic E-state index is 12.0. The Hall–Kier alpha value is -1.22. The van der Waals surface area contributed by atoms with Gasteiger partial charge in [0.25, 0.3) is 0 Å². The molecule has 1 aromatic rings. The second-order valence-corrected chi connectivity index (χ2v) is 7.92. The van der Waals surface area contributed by atoms with Gasteiger partial charge < -0.3 is 24.9 Å². The molecule has 0 aromatic heterocycles. The molecule has 8 nitrogen and oxygen atoms in total. The number of anilines is 1. The zero-order valence-electron chi connectivity index (χ0n) is 10.4. The molecule has 124 valence electrons. The van der Waals surface area contributed by atoms with E-state index >= 15 is 0 Å². The average molecular weight is 363 g/mol. The molecule has 0 atom stereocenters. The van der Waals surface area contributed by atoms with Crippen LogP contribution in [-0.4, -0.2) is 31.7 Å². The molecule has 1 amide bonds. The topological polar surface area (TPSA) is 144 Å².